The van der Waals surface area contributed by atoms with E-state index in [2.05, 4.69) is 0 Å². The van der Waals surface area contributed by atoms with Crippen molar-refractivity contribution in [3.63, 3.8) is 0 Å². The molecule has 1 unspecified atom stereocenters. The maximum atomic E-state index is 11.2. The van der Waals surface area contributed by atoms with Crippen molar-refractivity contribution in [2.45, 2.75) is 52.7 Å². The maximum absolute atomic E-state index is 11.2. The number of aliphatic hydroxyl groups is 1. The summed E-state index contributed by atoms with van der Waals surface area (Å²) in [6.45, 7) is 7.43. The van der Waals surface area contributed by atoms with Gasteiger partial charge in [-0.15, -0.1) is 0 Å². The second-order valence-corrected chi connectivity index (χ2v) is 3.61. The molecule has 0 saturated heterocycles. The summed E-state index contributed by atoms with van der Waals surface area (Å²) in [7, 11) is 0. The fourth-order valence-electron chi connectivity index (χ4n) is 1.08. The SMILES string of the molecule is CCCC(=O)/C=C(\O)C(C)OC(C)C.[Cu]. The van der Waals surface area contributed by atoms with E-state index in [1.54, 1.807) is 6.92 Å². The van der Waals surface area contributed by atoms with Crippen LogP contribution in [0.5, 0.6) is 0 Å². The summed E-state index contributed by atoms with van der Waals surface area (Å²) in [6, 6.07) is 0. The first-order valence-electron chi connectivity index (χ1n) is 5.06. The first-order chi connectivity index (χ1) is 6.47. The quantitative estimate of drug-likeness (QED) is 0.455. The molecule has 0 heterocycles. The van der Waals surface area contributed by atoms with Gasteiger partial charge in [-0.05, 0) is 27.2 Å². The van der Waals surface area contributed by atoms with Gasteiger partial charge in [0.2, 0.25) is 0 Å². The Bertz CT molecular complexity index is 212. The van der Waals surface area contributed by atoms with Gasteiger partial charge in [0, 0.05) is 29.6 Å². The molecular formula is C11H20CuO3. The summed E-state index contributed by atoms with van der Waals surface area (Å²) in [6.07, 6.45) is 2.16. The average molecular weight is 264 g/mol. The molecule has 0 aliphatic rings. The maximum Gasteiger partial charge on any atom is 0.159 e. The molecule has 0 spiro atoms. The Morgan fingerprint density at radius 3 is 2.33 bits per heavy atom. The number of carbonyl (C=O) groups excluding carboxylic acids is 1. The molecule has 0 aliphatic heterocycles. The molecule has 0 aromatic heterocycles. The molecule has 1 atom stereocenters. The van der Waals surface area contributed by atoms with Gasteiger partial charge in [-0.25, -0.2) is 0 Å². The summed E-state index contributed by atoms with van der Waals surface area (Å²) >= 11 is 0. The zero-order valence-electron chi connectivity index (χ0n) is 9.71. The van der Waals surface area contributed by atoms with Crippen LogP contribution in [0.3, 0.4) is 0 Å². The normalized spacial score (nSPS) is 13.5. The predicted octanol–water partition coefficient (Wildman–Crippen LogP) is 2.61. The molecule has 0 saturated carbocycles. The second-order valence-electron chi connectivity index (χ2n) is 3.61. The van der Waals surface area contributed by atoms with Crippen LogP contribution in [0.25, 0.3) is 0 Å². The van der Waals surface area contributed by atoms with E-state index >= 15 is 0 Å². The Morgan fingerprint density at radius 1 is 1.40 bits per heavy atom. The number of hydrogen-bond donors (Lipinski definition) is 1. The van der Waals surface area contributed by atoms with Crippen LogP contribution in [0, 0.1) is 0 Å². The van der Waals surface area contributed by atoms with Crippen molar-refractivity contribution in [3.8, 4) is 0 Å². The minimum Gasteiger partial charge on any atom is -0.509 e. The van der Waals surface area contributed by atoms with Crippen LogP contribution >= 0.6 is 0 Å². The van der Waals surface area contributed by atoms with Gasteiger partial charge in [-0.1, -0.05) is 6.92 Å². The van der Waals surface area contributed by atoms with Crippen molar-refractivity contribution in [2.75, 3.05) is 0 Å². The molecule has 1 N–H and O–H groups in total. The third-order valence-electron chi connectivity index (χ3n) is 1.70. The first-order valence-corrected chi connectivity index (χ1v) is 5.06. The summed E-state index contributed by atoms with van der Waals surface area (Å²) in [5.74, 6) is -0.0404. The van der Waals surface area contributed by atoms with Gasteiger partial charge >= 0.3 is 0 Å². The third kappa shape index (κ3) is 8.67. The van der Waals surface area contributed by atoms with E-state index in [4.69, 9.17) is 4.74 Å². The summed E-state index contributed by atoms with van der Waals surface area (Å²) < 4.78 is 5.32. The Balaban J connectivity index is 0. The molecule has 15 heavy (non-hydrogen) atoms. The number of aliphatic hydroxyl groups excluding tert-OH is 1. The fourth-order valence-corrected chi connectivity index (χ4v) is 1.08. The Morgan fingerprint density at radius 2 is 1.93 bits per heavy atom. The van der Waals surface area contributed by atoms with Crippen LogP contribution in [0.15, 0.2) is 11.8 Å². The molecular weight excluding hydrogens is 244 g/mol. The third-order valence-corrected chi connectivity index (χ3v) is 1.70. The number of rotatable bonds is 6. The minimum absolute atomic E-state index is 0. The molecule has 0 bridgehead atoms. The monoisotopic (exact) mass is 263 g/mol. The van der Waals surface area contributed by atoms with Crippen molar-refractivity contribution in [1.29, 1.82) is 0 Å². The fraction of sp³-hybridized carbons (Fsp3) is 0.727. The zero-order chi connectivity index (χ0) is 11.1. The Labute approximate surface area is 102 Å². The van der Waals surface area contributed by atoms with Crippen molar-refractivity contribution in [1.82, 2.24) is 0 Å². The number of allylic oxidation sites excluding steroid dienone is 1. The van der Waals surface area contributed by atoms with E-state index in [0.29, 0.717) is 6.42 Å². The molecule has 0 aliphatic carbocycles. The smallest absolute Gasteiger partial charge is 0.159 e. The van der Waals surface area contributed by atoms with Gasteiger partial charge in [0.15, 0.2) is 5.78 Å². The van der Waals surface area contributed by atoms with E-state index in [0.717, 1.165) is 6.42 Å². The summed E-state index contributed by atoms with van der Waals surface area (Å²) in [5.41, 5.74) is 0. The molecule has 0 aromatic carbocycles. The van der Waals surface area contributed by atoms with E-state index in [1.165, 1.54) is 6.08 Å². The van der Waals surface area contributed by atoms with Crippen molar-refractivity contribution >= 4 is 5.78 Å². The van der Waals surface area contributed by atoms with Crippen LogP contribution in [0.1, 0.15) is 40.5 Å². The van der Waals surface area contributed by atoms with Crippen molar-refractivity contribution in [3.05, 3.63) is 11.8 Å². The van der Waals surface area contributed by atoms with Gasteiger partial charge in [0.1, 0.15) is 11.9 Å². The minimum atomic E-state index is -0.407. The average Bonchev–Trinajstić information content (AvgIpc) is 2.02. The van der Waals surface area contributed by atoms with Gasteiger partial charge in [-0.2, -0.15) is 0 Å². The Kier molecular flexibility index (Phi) is 10.2. The van der Waals surface area contributed by atoms with Crippen LogP contribution in [0.2, 0.25) is 0 Å². The second kappa shape index (κ2) is 8.95. The van der Waals surface area contributed by atoms with Crippen molar-refractivity contribution in [2.24, 2.45) is 0 Å². The van der Waals surface area contributed by atoms with Gasteiger partial charge < -0.3 is 9.84 Å². The number of ketones is 1. The number of carbonyl (C=O) groups is 1. The number of hydrogen-bond acceptors (Lipinski definition) is 3. The van der Waals surface area contributed by atoms with E-state index < -0.39 is 6.10 Å². The molecule has 3 nitrogen and oxygen atoms in total. The van der Waals surface area contributed by atoms with Gasteiger partial charge in [0.05, 0.1) is 6.10 Å². The molecule has 0 rings (SSSR count). The Hall–Kier alpha value is -0.311. The van der Waals surface area contributed by atoms with Crippen LogP contribution < -0.4 is 0 Å². The van der Waals surface area contributed by atoms with Crippen molar-refractivity contribution < 1.29 is 31.7 Å². The van der Waals surface area contributed by atoms with E-state index in [1.807, 2.05) is 20.8 Å². The van der Waals surface area contributed by atoms with Crippen LogP contribution in [-0.4, -0.2) is 23.1 Å². The largest absolute Gasteiger partial charge is 0.509 e. The summed E-state index contributed by atoms with van der Waals surface area (Å²) in [4.78, 5) is 11.2. The van der Waals surface area contributed by atoms with E-state index in [-0.39, 0.29) is 34.7 Å². The molecule has 4 heteroatoms. The zero-order valence-corrected chi connectivity index (χ0v) is 10.7. The molecule has 0 amide bonds. The first kappa shape index (κ1) is 17.1. The van der Waals surface area contributed by atoms with Gasteiger partial charge in [0.25, 0.3) is 0 Å². The summed E-state index contributed by atoms with van der Waals surface area (Å²) in [5, 5.41) is 9.48. The van der Waals surface area contributed by atoms with Gasteiger partial charge in [-0.3, -0.25) is 4.79 Å². The predicted molar refractivity (Wildman–Crippen MR) is 56.3 cm³/mol. The van der Waals surface area contributed by atoms with Crippen LogP contribution in [0.4, 0.5) is 0 Å². The standard InChI is InChI=1S/C11H20O3.Cu/c1-5-6-10(12)7-11(13)9(4)14-8(2)3;/h7-9,13H,5-6H2,1-4H3;/b11-7-;. The molecule has 0 aromatic rings. The van der Waals surface area contributed by atoms with E-state index in [9.17, 15) is 9.90 Å². The molecule has 1 radical (unpaired) electrons. The van der Waals surface area contributed by atoms with Crippen LogP contribution in [-0.2, 0) is 26.6 Å². The molecule has 93 valence electrons. The topological polar surface area (TPSA) is 46.5 Å². The molecule has 0 fully saturated rings. The number of ether oxygens (including phenoxy) is 1.